The minimum absolute atomic E-state index is 0.689. The Hall–Kier alpha value is 0.480. The van der Waals surface area contributed by atoms with E-state index in [4.69, 9.17) is 0 Å². The van der Waals surface area contributed by atoms with Gasteiger partial charge < -0.3 is 0 Å². The highest BCUT2D eigenvalue weighted by molar-refractivity contribution is 9.09. The lowest BCUT2D eigenvalue weighted by Crippen LogP contribution is -2.20. The fourth-order valence-corrected chi connectivity index (χ4v) is 4.22. The molecule has 0 aliphatic heterocycles. The van der Waals surface area contributed by atoms with Crippen molar-refractivity contribution in [2.45, 2.75) is 111 Å². The standard InChI is InChI=1S/C19H39Br/c1-4-14-19(15-5-2,16-6-3)17-12-10-8-7-9-11-13-18-20/h4-18H2,1-3H3. The van der Waals surface area contributed by atoms with E-state index in [2.05, 4.69) is 36.7 Å². The summed E-state index contributed by atoms with van der Waals surface area (Å²) >= 11 is 3.51. The fraction of sp³-hybridized carbons (Fsp3) is 1.00. The maximum atomic E-state index is 3.51. The molecule has 0 radical (unpaired) electrons. The third-order valence-electron chi connectivity index (χ3n) is 4.68. The van der Waals surface area contributed by atoms with Crippen LogP contribution < -0.4 is 0 Å². The number of halogens is 1. The molecule has 0 atom stereocenters. The van der Waals surface area contributed by atoms with Crippen molar-refractivity contribution in [3.63, 3.8) is 0 Å². The lowest BCUT2D eigenvalue weighted by atomic mass is 9.72. The number of unbranched alkanes of at least 4 members (excludes halogenated alkanes) is 6. The summed E-state index contributed by atoms with van der Waals surface area (Å²) in [6, 6.07) is 0. The first-order valence-corrected chi connectivity index (χ1v) is 10.4. The molecular weight excluding hydrogens is 308 g/mol. The number of rotatable bonds is 15. The van der Waals surface area contributed by atoms with Crippen molar-refractivity contribution in [1.29, 1.82) is 0 Å². The Kier molecular flexibility index (Phi) is 14.8. The lowest BCUT2D eigenvalue weighted by Gasteiger charge is -2.34. The summed E-state index contributed by atoms with van der Waals surface area (Å²) in [5.74, 6) is 0. The van der Waals surface area contributed by atoms with Crippen molar-refractivity contribution >= 4 is 15.9 Å². The number of hydrogen-bond acceptors (Lipinski definition) is 0. The second-order valence-corrected chi connectivity index (χ2v) is 7.46. The van der Waals surface area contributed by atoms with Gasteiger partial charge in [0.2, 0.25) is 0 Å². The van der Waals surface area contributed by atoms with Gasteiger partial charge in [0.05, 0.1) is 0 Å². The zero-order valence-electron chi connectivity index (χ0n) is 14.5. The first kappa shape index (κ1) is 20.5. The zero-order chi connectivity index (χ0) is 15.1. The molecule has 0 aliphatic carbocycles. The average Bonchev–Trinajstić information content (AvgIpc) is 2.43. The summed E-state index contributed by atoms with van der Waals surface area (Å²) in [4.78, 5) is 0. The normalized spacial score (nSPS) is 12.0. The van der Waals surface area contributed by atoms with Crippen molar-refractivity contribution in [3.8, 4) is 0 Å². The highest BCUT2D eigenvalue weighted by atomic mass is 79.9. The first-order valence-electron chi connectivity index (χ1n) is 9.30. The molecule has 0 unspecified atom stereocenters. The van der Waals surface area contributed by atoms with Crippen molar-refractivity contribution in [1.82, 2.24) is 0 Å². The Morgan fingerprint density at radius 2 is 0.950 bits per heavy atom. The van der Waals surface area contributed by atoms with Crippen LogP contribution in [-0.2, 0) is 0 Å². The molecule has 1 heteroatoms. The van der Waals surface area contributed by atoms with Crippen LogP contribution in [0.3, 0.4) is 0 Å². The molecule has 0 aromatic rings. The van der Waals surface area contributed by atoms with Crippen LogP contribution in [0.5, 0.6) is 0 Å². The molecule has 0 rings (SSSR count). The van der Waals surface area contributed by atoms with Crippen LogP contribution in [0.15, 0.2) is 0 Å². The van der Waals surface area contributed by atoms with Crippen LogP contribution in [-0.4, -0.2) is 5.33 Å². The van der Waals surface area contributed by atoms with Crippen molar-refractivity contribution in [2.75, 3.05) is 5.33 Å². The SMILES string of the molecule is CCCC(CCC)(CCC)CCCCCCCCCBr. The van der Waals surface area contributed by atoms with Crippen LogP contribution in [0.4, 0.5) is 0 Å². The Morgan fingerprint density at radius 1 is 0.550 bits per heavy atom. The van der Waals surface area contributed by atoms with Crippen molar-refractivity contribution in [2.24, 2.45) is 5.41 Å². The predicted molar refractivity (Wildman–Crippen MR) is 97.9 cm³/mol. The molecule has 0 spiro atoms. The van der Waals surface area contributed by atoms with Crippen LogP contribution in [0.2, 0.25) is 0 Å². The minimum Gasteiger partial charge on any atom is -0.0928 e. The highest BCUT2D eigenvalue weighted by Crippen LogP contribution is 2.40. The average molecular weight is 347 g/mol. The van der Waals surface area contributed by atoms with Crippen LogP contribution in [0.1, 0.15) is 111 Å². The summed E-state index contributed by atoms with van der Waals surface area (Å²) in [5.41, 5.74) is 0.689. The van der Waals surface area contributed by atoms with E-state index in [9.17, 15) is 0 Å². The van der Waals surface area contributed by atoms with Crippen molar-refractivity contribution < 1.29 is 0 Å². The molecular formula is C19H39Br. The molecule has 0 fully saturated rings. The monoisotopic (exact) mass is 346 g/mol. The lowest BCUT2D eigenvalue weighted by molar-refractivity contribution is 0.185. The summed E-state index contributed by atoms with van der Waals surface area (Å²) < 4.78 is 0. The summed E-state index contributed by atoms with van der Waals surface area (Å²) in [6.07, 6.45) is 20.0. The van der Waals surface area contributed by atoms with E-state index in [1.807, 2.05) is 0 Å². The van der Waals surface area contributed by atoms with Gasteiger partial charge in [-0.2, -0.15) is 0 Å². The van der Waals surface area contributed by atoms with Gasteiger partial charge in [-0.3, -0.25) is 0 Å². The Morgan fingerprint density at radius 3 is 1.35 bits per heavy atom. The maximum Gasteiger partial charge on any atom is 0.00313 e. The zero-order valence-corrected chi connectivity index (χ0v) is 16.1. The smallest absolute Gasteiger partial charge is 0.00313 e. The molecule has 0 saturated carbocycles. The molecule has 0 amide bonds. The third-order valence-corrected chi connectivity index (χ3v) is 5.24. The predicted octanol–water partition coefficient (Wildman–Crippen LogP) is 7.89. The second-order valence-electron chi connectivity index (χ2n) is 6.66. The van der Waals surface area contributed by atoms with E-state index in [1.165, 1.54) is 95.2 Å². The van der Waals surface area contributed by atoms with E-state index in [0.29, 0.717) is 5.41 Å². The Balaban J connectivity index is 3.82. The largest absolute Gasteiger partial charge is 0.0928 e. The van der Waals surface area contributed by atoms with Gasteiger partial charge in [0.1, 0.15) is 0 Å². The number of hydrogen-bond donors (Lipinski definition) is 0. The molecule has 0 nitrogen and oxygen atoms in total. The van der Waals surface area contributed by atoms with Crippen LogP contribution in [0, 0.1) is 5.41 Å². The molecule has 0 aromatic carbocycles. The molecule has 20 heavy (non-hydrogen) atoms. The van der Waals surface area contributed by atoms with E-state index in [1.54, 1.807) is 0 Å². The van der Waals surface area contributed by atoms with Gasteiger partial charge in [-0.25, -0.2) is 0 Å². The Bertz CT molecular complexity index is 171. The minimum atomic E-state index is 0.689. The quantitative estimate of drug-likeness (QED) is 0.209. The highest BCUT2D eigenvalue weighted by Gasteiger charge is 2.26. The van der Waals surface area contributed by atoms with Crippen LogP contribution in [0.25, 0.3) is 0 Å². The molecule has 0 bridgehead atoms. The van der Waals surface area contributed by atoms with Gasteiger partial charge in [-0.1, -0.05) is 94.5 Å². The van der Waals surface area contributed by atoms with Gasteiger partial charge in [0, 0.05) is 5.33 Å². The molecule has 0 aliphatic rings. The third kappa shape index (κ3) is 10.2. The van der Waals surface area contributed by atoms with Gasteiger partial charge in [0.25, 0.3) is 0 Å². The summed E-state index contributed by atoms with van der Waals surface area (Å²) in [5, 5.41) is 1.18. The summed E-state index contributed by atoms with van der Waals surface area (Å²) in [6.45, 7) is 7.10. The molecule has 0 saturated heterocycles. The Labute approximate surface area is 137 Å². The first-order chi connectivity index (χ1) is 9.74. The fourth-order valence-electron chi connectivity index (χ4n) is 3.82. The maximum absolute atomic E-state index is 3.51. The van der Waals surface area contributed by atoms with E-state index < -0.39 is 0 Å². The topological polar surface area (TPSA) is 0 Å². The molecule has 0 heterocycles. The second kappa shape index (κ2) is 14.4. The van der Waals surface area contributed by atoms with Crippen LogP contribution >= 0.6 is 15.9 Å². The van der Waals surface area contributed by atoms with Gasteiger partial charge in [0.15, 0.2) is 0 Å². The molecule has 0 N–H and O–H groups in total. The summed E-state index contributed by atoms with van der Waals surface area (Å²) in [7, 11) is 0. The molecule has 122 valence electrons. The van der Waals surface area contributed by atoms with E-state index in [0.717, 1.165) is 0 Å². The van der Waals surface area contributed by atoms with Gasteiger partial charge >= 0.3 is 0 Å². The number of alkyl halides is 1. The van der Waals surface area contributed by atoms with Crippen molar-refractivity contribution in [3.05, 3.63) is 0 Å². The van der Waals surface area contributed by atoms with E-state index >= 15 is 0 Å². The van der Waals surface area contributed by atoms with Gasteiger partial charge in [-0.05, 0) is 37.5 Å². The van der Waals surface area contributed by atoms with Gasteiger partial charge in [-0.15, -0.1) is 0 Å². The van der Waals surface area contributed by atoms with E-state index in [-0.39, 0.29) is 0 Å². The molecule has 0 aromatic heterocycles.